The number of benzene rings is 3. The molecule has 7 heteroatoms. The molecule has 0 bridgehead atoms. The summed E-state index contributed by atoms with van der Waals surface area (Å²) in [5, 5.41) is 2.75. The van der Waals surface area contributed by atoms with E-state index in [-0.39, 0.29) is 16.5 Å². The number of amides is 1. The molecule has 0 saturated carbocycles. The number of hydrogen-bond donors (Lipinski definition) is 1. The standard InChI is InChI=1S/C23H14F2N2O2S/c24-17-12-11-16(13-18(17)25)22(29)27-23-26-19(14-7-3-1-4-8-14)21(30-23)20(28)15-9-5-2-6-10-15/h1-13H,(H,26,27,29). The molecule has 0 fully saturated rings. The molecule has 0 spiro atoms. The number of hydrogen-bond acceptors (Lipinski definition) is 4. The molecule has 3 aromatic carbocycles. The minimum absolute atomic E-state index is 0.0544. The lowest BCUT2D eigenvalue weighted by Gasteiger charge is -2.02. The Bertz CT molecular complexity index is 1220. The molecule has 1 amide bonds. The van der Waals surface area contributed by atoms with Crippen LogP contribution >= 0.6 is 11.3 Å². The number of nitrogens with one attached hydrogen (secondary N) is 1. The summed E-state index contributed by atoms with van der Waals surface area (Å²) < 4.78 is 26.6. The summed E-state index contributed by atoms with van der Waals surface area (Å²) in [6, 6.07) is 20.8. The number of ketones is 1. The topological polar surface area (TPSA) is 59.1 Å². The fourth-order valence-electron chi connectivity index (χ4n) is 2.85. The van der Waals surface area contributed by atoms with Crippen LogP contribution in [0.4, 0.5) is 13.9 Å². The molecule has 4 nitrogen and oxygen atoms in total. The van der Waals surface area contributed by atoms with Crippen molar-refractivity contribution < 1.29 is 18.4 Å². The van der Waals surface area contributed by atoms with Gasteiger partial charge in [0.25, 0.3) is 5.91 Å². The SMILES string of the molecule is O=C(Nc1nc(-c2ccccc2)c(C(=O)c2ccccc2)s1)c1ccc(F)c(F)c1. The Balaban J connectivity index is 1.71. The Morgan fingerprint density at radius 3 is 2.13 bits per heavy atom. The molecule has 4 aromatic rings. The van der Waals surface area contributed by atoms with E-state index in [9.17, 15) is 18.4 Å². The third-order valence-corrected chi connectivity index (χ3v) is 5.29. The monoisotopic (exact) mass is 420 g/mol. The first kappa shape index (κ1) is 19.6. The van der Waals surface area contributed by atoms with Crippen LogP contribution in [0.3, 0.4) is 0 Å². The van der Waals surface area contributed by atoms with Crippen molar-refractivity contribution in [2.24, 2.45) is 0 Å². The average molecular weight is 420 g/mol. The van der Waals surface area contributed by atoms with E-state index in [1.165, 1.54) is 6.07 Å². The van der Waals surface area contributed by atoms with Gasteiger partial charge in [-0.2, -0.15) is 0 Å². The van der Waals surface area contributed by atoms with Crippen molar-refractivity contribution in [1.29, 1.82) is 0 Å². The third-order valence-electron chi connectivity index (χ3n) is 4.32. The molecular formula is C23H14F2N2O2S. The van der Waals surface area contributed by atoms with Crippen LogP contribution in [0.1, 0.15) is 25.6 Å². The van der Waals surface area contributed by atoms with E-state index in [1.807, 2.05) is 36.4 Å². The highest BCUT2D eigenvalue weighted by molar-refractivity contribution is 7.18. The van der Waals surface area contributed by atoms with Gasteiger partial charge in [0.2, 0.25) is 5.78 Å². The van der Waals surface area contributed by atoms with Crippen molar-refractivity contribution in [2.45, 2.75) is 0 Å². The van der Waals surface area contributed by atoms with Crippen molar-refractivity contribution in [3.63, 3.8) is 0 Å². The van der Waals surface area contributed by atoms with E-state index in [1.54, 1.807) is 24.3 Å². The Morgan fingerprint density at radius 2 is 1.47 bits per heavy atom. The lowest BCUT2D eigenvalue weighted by Crippen LogP contribution is -2.12. The molecule has 0 aliphatic heterocycles. The molecule has 30 heavy (non-hydrogen) atoms. The van der Waals surface area contributed by atoms with Crippen molar-refractivity contribution in [1.82, 2.24) is 4.98 Å². The van der Waals surface area contributed by atoms with Crippen molar-refractivity contribution in [3.05, 3.63) is 107 Å². The largest absolute Gasteiger partial charge is 0.298 e. The maximum atomic E-state index is 13.4. The van der Waals surface area contributed by atoms with Gasteiger partial charge in [-0.25, -0.2) is 13.8 Å². The highest BCUT2D eigenvalue weighted by Crippen LogP contribution is 2.33. The molecule has 0 saturated heterocycles. The number of carbonyl (C=O) groups excluding carboxylic acids is 2. The fourth-order valence-corrected chi connectivity index (χ4v) is 3.79. The van der Waals surface area contributed by atoms with Gasteiger partial charge in [0, 0.05) is 16.7 Å². The number of anilines is 1. The number of rotatable bonds is 5. The van der Waals surface area contributed by atoms with Crippen LogP contribution < -0.4 is 5.32 Å². The highest BCUT2D eigenvalue weighted by Gasteiger charge is 2.22. The summed E-state index contributed by atoms with van der Waals surface area (Å²) in [5.41, 5.74) is 1.61. The van der Waals surface area contributed by atoms with Gasteiger partial charge < -0.3 is 0 Å². The molecule has 4 rings (SSSR count). The van der Waals surface area contributed by atoms with Crippen molar-refractivity contribution in [3.8, 4) is 11.3 Å². The molecule has 0 aliphatic rings. The van der Waals surface area contributed by atoms with E-state index in [0.29, 0.717) is 16.1 Å². The quantitative estimate of drug-likeness (QED) is 0.429. The molecule has 148 valence electrons. The Hall–Kier alpha value is -3.71. The smallest absolute Gasteiger partial charge is 0.257 e. The summed E-state index contributed by atoms with van der Waals surface area (Å²) in [6.07, 6.45) is 0. The van der Waals surface area contributed by atoms with Gasteiger partial charge in [-0.1, -0.05) is 72.0 Å². The summed E-state index contributed by atoms with van der Waals surface area (Å²) in [7, 11) is 0. The Morgan fingerprint density at radius 1 is 0.800 bits per heavy atom. The average Bonchev–Trinajstić information content (AvgIpc) is 3.20. The van der Waals surface area contributed by atoms with E-state index in [4.69, 9.17) is 0 Å². The predicted molar refractivity (Wildman–Crippen MR) is 112 cm³/mol. The summed E-state index contributed by atoms with van der Waals surface area (Å²) >= 11 is 1.03. The number of aromatic nitrogens is 1. The molecule has 1 heterocycles. The number of nitrogens with zero attached hydrogens (tertiary/aromatic N) is 1. The van der Waals surface area contributed by atoms with Crippen LogP contribution in [0, 0.1) is 11.6 Å². The maximum Gasteiger partial charge on any atom is 0.257 e. The second kappa shape index (κ2) is 8.34. The van der Waals surface area contributed by atoms with Crippen LogP contribution in [0.15, 0.2) is 78.9 Å². The van der Waals surface area contributed by atoms with Gasteiger partial charge in [0.1, 0.15) is 4.88 Å². The number of carbonyl (C=O) groups is 2. The minimum Gasteiger partial charge on any atom is -0.298 e. The van der Waals surface area contributed by atoms with Crippen LogP contribution in [0.25, 0.3) is 11.3 Å². The lowest BCUT2D eigenvalue weighted by atomic mass is 10.1. The van der Waals surface area contributed by atoms with Gasteiger partial charge in [-0.05, 0) is 18.2 Å². The van der Waals surface area contributed by atoms with Crippen LogP contribution in [-0.2, 0) is 0 Å². The second-order valence-electron chi connectivity index (χ2n) is 6.34. The summed E-state index contributed by atoms with van der Waals surface area (Å²) in [6.45, 7) is 0. The van der Waals surface area contributed by atoms with Crippen LogP contribution in [0.5, 0.6) is 0 Å². The zero-order valence-corrected chi connectivity index (χ0v) is 16.2. The van der Waals surface area contributed by atoms with E-state index in [0.717, 1.165) is 29.0 Å². The van der Waals surface area contributed by atoms with Gasteiger partial charge in [-0.3, -0.25) is 14.9 Å². The lowest BCUT2D eigenvalue weighted by molar-refractivity contribution is 0.102. The summed E-state index contributed by atoms with van der Waals surface area (Å²) in [4.78, 5) is 30.3. The molecule has 0 unspecified atom stereocenters. The van der Waals surface area contributed by atoms with E-state index >= 15 is 0 Å². The molecule has 0 atom stereocenters. The van der Waals surface area contributed by atoms with E-state index in [2.05, 4.69) is 10.3 Å². The normalized spacial score (nSPS) is 10.6. The minimum atomic E-state index is -1.12. The molecule has 1 aromatic heterocycles. The van der Waals surface area contributed by atoms with Gasteiger partial charge in [-0.15, -0.1) is 0 Å². The maximum absolute atomic E-state index is 13.4. The van der Waals surface area contributed by atoms with Gasteiger partial charge in [0.15, 0.2) is 16.8 Å². The predicted octanol–water partition coefficient (Wildman–Crippen LogP) is 5.57. The van der Waals surface area contributed by atoms with Gasteiger partial charge >= 0.3 is 0 Å². The third kappa shape index (κ3) is 4.01. The number of thiazole rings is 1. The Kier molecular flexibility index (Phi) is 5.45. The molecular weight excluding hydrogens is 406 g/mol. The number of halogens is 2. The molecule has 0 aliphatic carbocycles. The van der Waals surface area contributed by atoms with Crippen LogP contribution in [0.2, 0.25) is 0 Å². The first-order chi connectivity index (χ1) is 14.5. The second-order valence-corrected chi connectivity index (χ2v) is 7.34. The highest BCUT2D eigenvalue weighted by atomic mass is 32.1. The first-order valence-corrected chi connectivity index (χ1v) is 9.77. The molecule has 0 radical (unpaired) electrons. The zero-order valence-electron chi connectivity index (χ0n) is 15.4. The van der Waals surface area contributed by atoms with Crippen molar-refractivity contribution >= 4 is 28.2 Å². The van der Waals surface area contributed by atoms with Gasteiger partial charge in [0.05, 0.1) is 5.69 Å². The summed E-state index contributed by atoms with van der Waals surface area (Å²) in [5.74, 6) is -3.03. The Labute approximate surface area is 174 Å². The molecule has 1 N–H and O–H groups in total. The first-order valence-electron chi connectivity index (χ1n) is 8.95. The fraction of sp³-hybridized carbons (Fsp3) is 0. The van der Waals surface area contributed by atoms with E-state index < -0.39 is 17.5 Å². The van der Waals surface area contributed by atoms with Crippen molar-refractivity contribution in [2.75, 3.05) is 5.32 Å². The van der Waals surface area contributed by atoms with Crippen LogP contribution in [-0.4, -0.2) is 16.7 Å². The zero-order chi connectivity index (χ0) is 21.1.